The molecule has 0 aromatic heterocycles. The van der Waals surface area contributed by atoms with Crippen LogP contribution < -0.4 is 5.32 Å². The summed E-state index contributed by atoms with van der Waals surface area (Å²) >= 11 is 0. The summed E-state index contributed by atoms with van der Waals surface area (Å²) in [6.07, 6.45) is 4.11. The predicted octanol–water partition coefficient (Wildman–Crippen LogP) is 2.78. The van der Waals surface area contributed by atoms with Crippen molar-refractivity contribution >= 4 is 0 Å². The lowest BCUT2D eigenvalue weighted by atomic mass is 9.89. The van der Waals surface area contributed by atoms with Crippen molar-refractivity contribution in [2.75, 3.05) is 27.2 Å². The zero-order chi connectivity index (χ0) is 12.5. The van der Waals surface area contributed by atoms with E-state index in [2.05, 4.69) is 48.6 Å². The van der Waals surface area contributed by atoms with Gasteiger partial charge in [-0.3, -0.25) is 4.90 Å². The molecule has 1 aromatic carbocycles. The molecule has 1 saturated carbocycles. The van der Waals surface area contributed by atoms with Gasteiger partial charge in [0.25, 0.3) is 0 Å². The molecule has 1 aromatic rings. The van der Waals surface area contributed by atoms with Gasteiger partial charge in [-0.2, -0.15) is 0 Å². The van der Waals surface area contributed by atoms with Crippen LogP contribution in [0.5, 0.6) is 0 Å². The molecule has 2 nitrogen and oxygen atoms in total. The summed E-state index contributed by atoms with van der Waals surface area (Å²) in [5, 5.41) is 3.37. The first-order valence-electron chi connectivity index (χ1n) is 7.25. The molecule has 0 spiro atoms. The number of hydrogen-bond donors (Lipinski definition) is 1. The monoisotopic (exact) mass is 244 g/mol. The summed E-state index contributed by atoms with van der Waals surface area (Å²) < 4.78 is 0. The van der Waals surface area contributed by atoms with Gasteiger partial charge in [0.05, 0.1) is 0 Å². The molecule has 1 heterocycles. The minimum atomic E-state index is 0.620. The van der Waals surface area contributed by atoms with Crippen molar-refractivity contribution in [3.05, 3.63) is 35.4 Å². The second-order valence-corrected chi connectivity index (χ2v) is 5.94. The van der Waals surface area contributed by atoms with Gasteiger partial charge in [-0.1, -0.05) is 24.3 Å². The van der Waals surface area contributed by atoms with E-state index in [0.29, 0.717) is 6.04 Å². The lowest BCUT2D eigenvalue weighted by Crippen LogP contribution is -2.27. The van der Waals surface area contributed by atoms with Crippen LogP contribution >= 0.6 is 0 Å². The molecule has 1 saturated heterocycles. The first-order valence-corrected chi connectivity index (χ1v) is 7.25. The van der Waals surface area contributed by atoms with Crippen molar-refractivity contribution in [2.24, 2.45) is 5.92 Å². The molecule has 2 aliphatic rings. The van der Waals surface area contributed by atoms with Crippen LogP contribution in [0.15, 0.2) is 24.3 Å². The Kier molecular flexibility index (Phi) is 3.40. The molecule has 2 unspecified atom stereocenters. The molecular weight excluding hydrogens is 220 g/mol. The summed E-state index contributed by atoms with van der Waals surface area (Å²) in [6.45, 7) is 2.37. The molecule has 98 valence electrons. The van der Waals surface area contributed by atoms with Crippen LogP contribution in [0.3, 0.4) is 0 Å². The maximum absolute atomic E-state index is 3.37. The molecule has 3 rings (SSSR count). The van der Waals surface area contributed by atoms with E-state index in [1.165, 1.54) is 25.8 Å². The normalized spacial score (nSPS) is 28.8. The van der Waals surface area contributed by atoms with Crippen LogP contribution in [0.2, 0.25) is 0 Å². The fraction of sp³-hybridized carbons (Fsp3) is 0.625. The van der Waals surface area contributed by atoms with Crippen LogP contribution in [-0.4, -0.2) is 32.1 Å². The third kappa shape index (κ3) is 2.19. The third-order valence-corrected chi connectivity index (χ3v) is 4.57. The number of likely N-dealkylation sites (tertiary alicyclic amines) is 1. The van der Waals surface area contributed by atoms with Crippen molar-refractivity contribution in [1.82, 2.24) is 10.2 Å². The van der Waals surface area contributed by atoms with E-state index in [-0.39, 0.29) is 0 Å². The number of nitrogens with zero attached hydrogens (tertiary/aromatic N) is 1. The summed E-state index contributed by atoms with van der Waals surface area (Å²) in [6, 6.07) is 9.76. The quantitative estimate of drug-likeness (QED) is 0.876. The van der Waals surface area contributed by atoms with Crippen LogP contribution in [0.1, 0.15) is 42.3 Å². The minimum absolute atomic E-state index is 0.620. The number of rotatable bonds is 4. The Morgan fingerprint density at radius 3 is 2.56 bits per heavy atom. The summed E-state index contributed by atoms with van der Waals surface area (Å²) in [5.41, 5.74) is 3.22. The number of benzene rings is 1. The second kappa shape index (κ2) is 5.02. The Labute approximate surface area is 110 Å². The molecule has 1 aliphatic carbocycles. The molecule has 2 fully saturated rings. The van der Waals surface area contributed by atoms with Crippen molar-refractivity contribution in [1.29, 1.82) is 0 Å². The highest BCUT2D eigenvalue weighted by Crippen LogP contribution is 2.46. The Hall–Kier alpha value is -0.860. The lowest BCUT2D eigenvalue weighted by molar-refractivity contribution is 0.273. The van der Waals surface area contributed by atoms with Gasteiger partial charge in [-0.25, -0.2) is 0 Å². The van der Waals surface area contributed by atoms with Crippen LogP contribution in [0.25, 0.3) is 0 Å². The average Bonchev–Trinajstić information content (AvgIpc) is 3.16. The van der Waals surface area contributed by atoms with Crippen molar-refractivity contribution < 1.29 is 0 Å². The summed E-state index contributed by atoms with van der Waals surface area (Å²) in [4.78, 5) is 2.54. The lowest BCUT2D eigenvalue weighted by Gasteiger charge is -2.27. The van der Waals surface area contributed by atoms with Crippen LogP contribution in [0, 0.1) is 5.92 Å². The zero-order valence-corrected chi connectivity index (χ0v) is 11.5. The van der Waals surface area contributed by atoms with E-state index >= 15 is 0 Å². The zero-order valence-electron chi connectivity index (χ0n) is 11.5. The van der Waals surface area contributed by atoms with Crippen molar-refractivity contribution in [3.8, 4) is 0 Å². The molecule has 1 aliphatic heterocycles. The van der Waals surface area contributed by atoms with Gasteiger partial charge in [0.2, 0.25) is 0 Å². The Balaban J connectivity index is 1.91. The van der Waals surface area contributed by atoms with Crippen molar-refractivity contribution in [2.45, 2.75) is 31.2 Å². The Morgan fingerprint density at radius 2 is 1.89 bits per heavy atom. The molecule has 18 heavy (non-hydrogen) atoms. The van der Waals surface area contributed by atoms with E-state index in [4.69, 9.17) is 0 Å². The van der Waals surface area contributed by atoms with Gasteiger partial charge in [-0.15, -0.1) is 0 Å². The molecule has 0 radical (unpaired) electrons. The largest absolute Gasteiger partial charge is 0.319 e. The molecule has 0 amide bonds. The van der Waals surface area contributed by atoms with Gasteiger partial charge in [0.15, 0.2) is 0 Å². The molecular formula is C16H24N2. The van der Waals surface area contributed by atoms with Crippen LogP contribution in [-0.2, 0) is 0 Å². The van der Waals surface area contributed by atoms with Crippen LogP contribution in [0.4, 0.5) is 0 Å². The minimum Gasteiger partial charge on any atom is -0.319 e. The summed E-state index contributed by atoms with van der Waals surface area (Å²) in [5.74, 6) is 1.62. The highest BCUT2D eigenvalue weighted by atomic mass is 15.2. The topological polar surface area (TPSA) is 15.3 Å². The van der Waals surface area contributed by atoms with Gasteiger partial charge in [0.1, 0.15) is 0 Å². The maximum atomic E-state index is 3.37. The smallest absolute Gasteiger partial charge is 0.0388 e. The standard InChI is InChI=1S/C16H24N2/c1-17-11-13-9-10-18(2)16(13)15-6-4-3-5-14(15)12-7-8-12/h3-6,12-13,16-17H,7-11H2,1-2H3. The summed E-state index contributed by atoms with van der Waals surface area (Å²) in [7, 11) is 4.35. The highest BCUT2D eigenvalue weighted by molar-refractivity contribution is 5.36. The fourth-order valence-electron chi connectivity index (χ4n) is 3.54. The Morgan fingerprint density at radius 1 is 1.17 bits per heavy atom. The van der Waals surface area contributed by atoms with E-state index in [1.807, 2.05) is 0 Å². The van der Waals surface area contributed by atoms with E-state index in [1.54, 1.807) is 11.1 Å². The maximum Gasteiger partial charge on any atom is 0.0388 e. The van der Waals surface area contributed by atoms with Crippen molar-refractivity contribution in [3.63, 3.8) is 0 Å². The van der Waals surface area contributed by atoms with E-state index in [9.17, 15) is 0 Å². The molecule has 2 atom stereocenters. The Bertz CT molecular complexity index is 409. The highest BCUT2D eigenvalue weighted by Gasteiger charge is 2.36. The first kappa shape index (κ1) is 12.2. The van der Waals surface area contributed by atoms with Gasteiger partial charge < -0.3 is 5.32 Å². The van der Waals surface area contributed by atoms with E-state index in [0.717, 1.165) is 18.4 Å². The fourth-order valence-corrected chi connectivity index (χ4v) is 3.54. The molecule has 2 heteroatoms. The SMILES string of the molecule is CNCC1CCN(C)C1c1ccccc1C1CC1. The van der Waals surface area contributed by atoms with Gasteiger partial charge >= 0.3 is 0 Å². The third-order valence-electron chi connectivity index (χ3n) is 4.57. The van der Waals surface area contributed by atoms with E-state index < -0.39 is 0 Å². The van der Waals surface area contributed by atoms with Gasteiger partial charge in [0, 0.05) is 6.04 Å². The second-order valence-electron chi connectivity index (χ2n) is 5.94. The van der Waals surface area contributed by atoms with Gasteiger partial charge in [-0.05, 0) is 69.4 Å². The average molecular weight is 244 g/mol. The predicted molar refractivity (Wildman–Crippen MR) is 75.8 cm³/mol. The molecule has 1 N–H and O–H groups in total. The number of nitrogens with one attached hydrogen (secondary N) is 1. The number of hydrogen-bond acceptors (Lipinski definition) is 2. The molecule has 0 bridgehead atoms. The first-order chi connectivity index (χ1) is 8.81.